The fourth-order valence-electron chi connectivity index (χ4n) is 2.57. The van der Waals surface area contributed by atoms with Crippen LogP contribution < -0.4 is 0 Å². The first-order valence-electron chi connectivity index (χ1n) is 7.97. The van der Waals surface area contributed by atoms with Crippen molar-refractivity contribution in [2.24, 2.45) is 16.8 Å². The zero-order valence-electron chi connectivity index (χ0n) is 14.4. The van der Waals surface area contributed by atoms with E-state index in [0.29, 0.717) is 22.4 Å². The summed E-state index contributed by atoms with van der Waals surface area (Å²) in [5.41, 5.74) is 3.48. The molecule has 1 aromatic rings. The molecule has 0 N–H and O–H groups in total. The minimum atomic E-state index is -0.272. The van der Waals surface area contributed by atoms with Crippen LogP contribution in [0, 0.1) is 18.8 Å². The normalized spacial score (nSPS) is 14.9. The largest absolute Gasteiger partial charge is 0.289 e. The van der Waals surface area contributed by atoms with Crippen molar-refractivity contribution in [2.45, 2.75) is 34.6 Å². The molecule has 0 aliphatic heterocycles. The maximum absolute atomic E-state index is 12.5. The van der Waals surface area contributed by atoms with Crippen molar-refractivity contribution >= 4 is 17.4 Å². The number of ketones is 1. The Hall–Kier alpha value is -2.29. The van der Waals surface area contributed by atoms with Crippen LogP contribution in [-0.4, -0.2) is 17.4 Å². The van der Waals surface area contributed by atoms with Crippen LogP contribution in [0.2, 0.25) is 0 Å². The number of aliphatic imine (C=N–C) groups is 1. The maximum atomic E-state index is 12.5. The van der Waals surface area contributed by atoms with Crippen molar-refractivity contribution in [3.8, 4) is 0 Å². The number of allylic oxidation sites excluding steroid dienone is 4. The summed E-state index contributed by atoms with van der Waals surface area (Å²) in [5, 5.41) is 0. The molecule has 3 heteroatoms. The highest BCUT2D eigenvalue weighted by Gasteiger charge is 2.25. The van der Waals surface area contributed by atoms with Crippen LogP contribution in [-0.2, 0) is 4.79 Å². The first-order chi connectivity index (χ1) is 10.8. The van der Waals surface area contributed by atoms with E-state index in [-0.39, 0.29) is 23.5 Å². The van der Waals surface area contributed by atoms with Crippen molar-refractivity contribution in [2.75, 3.05) is 0 Å². The SMILES string of the molecule is Cc1ccccc1C(=O)N=C1C=C(C(C)C)C(=O)C(C(C)C)=C1. The number of aryl methyl sites for hydroxylation is 1. The summed E-state index contributed by atoms with van der Waals surface area (Å²) in [6.45, 7) is 9.81. The molecular weight excluding hydrogens is 286 g/mol. The van der Waals surface area contributed by atoms with Gasteiger partial charge < -0.3 is 0 Å². The number of hydrogen-bond donors (Lipinski definition) is 0. The number of carbonyl (C=O) groups is 2. The van der Waals surface area contributed by atoms with Gasteiger partial charge in [-0.25, -0.2) is 4.99 Å². The number of amides is 1. The molecule has 1 aliphatic carbocycles. The van der Waals surface area contributed by atoms with Crippen LogP contribution >= 0.6 is 0 Å². The monoisotopic (exact) mass is 309 g/mol. The Morgan fingerprint density at radius 3 is 1.96 bits per heavy atom. The van der Waals surface area contributed by atoms with E-state index in [0.717, 1.165) is 5.56 Å². The molecule has 3 nitrogen and oxygen atoms in total. The van der Waals surface area contributed by atoms with Gasteiger partial charge >= 0.3 is 0 Å². The number of carbonyl (C=O) groups excluding carboxylic acids is 2. The second-order valence-corrected chi connectivity index (χ2v) is 6.49. The zero-order valence-corrected chi connectivity index (χ0v) is 14.4. The highest BCUT2D eigenvalue weighted by molar-refractivity contribution is 6.24. The highest BCUT2D eigenvalue weighted by Crippen LogP contribution is 2.25. The number of benzene rings is 1. The fourth-order valence-corrected chi connectivity index (χ4v) is 2.57. The lowest BCUT2D eigenvalue weighted by atomic mass is 9.84. The quantitative estimate of drug-likeness (QED) is 0.780. The Morgan fingerprint density at radius 2 is 1.48 bits per heavy atom. The van der Waals surface area contributed by atoms with Gasteiger partial charge in [-0.15, -0.1) is 0 Å². The molecule has 0 spiro atoms. The molecule has 0 saturated carbocycles. The molecule has 0 fully saturated rings. The second-order valence-electron chi connectivity index (χ2n) is 6.49. The molecule has 0 heterocycles. The molecule has 0 radical (unpaired) electrons. The lowest BCUT2D eigenvalue weighted by Crippen LogP contribution is -2.21. The molecule has 1 aromatic carbocycles. The van der Waals surface area contributed by atoms with Gasteiger partial charge in [0.2, 0.25) is 0 Å². The van der Waals surface area contributed by atoms with Gasteiger partial charge in [0, 0.05) is 16.7 Å². The smallest absolute Gasteiger partial charge is 0.277 e. The Bertz CT molecular complexity index is 704. The van der Waals surface area contributed by atoms with E-state index in [9.17, 15) is 9.59 Å². The van der Waals surface area contributed by atoms with E-state index in [1.807, 2.05) is 52.8 Å². The first kappa shape index (κ1) is 17.1. The maximum Gasteiger partial charge on any atom is 0.277 e. The Balaban J connectivity index is 2.45. The minimum Gasteiger partial charge on any atom is -0.289 e. The molecular formula is C20H23NO2. The molecule has 1 amide bonds. The van der Waals surface area contributed by atoms with Gasteiger partial charge in [-0.2, -0.15) is 0 Å². The van der Waals surface area contributed by atoms with Crippen LogP contribution in [0.1, 0.15) is 43.6 Å². The molecule has 120 valence electrons. The van der Waals surface area contributed by atoms with Gasteiger partial charge in [0.25, 0.3) is 5.91 Å². The van der Waals surface area contributed by atoms with Gasteiger partial charge in [0.05, 0.1) is 5.71 Å². The van der Waals surface area contributed by atoms with Crippen molar-refractivity contribution in [3.63, 3.8) is 0 Å². The van der Waals surface area contributed by atoms with Gasteiger partial charge in [-0.1, -0.05) is 45.9 Å². The average molecular weight is 309 g/mol. The summed E-state index contributed by atoms with van der Waals surface area (Å²) in [4.78, 5) is 29.2. The molecule has 0 aromatic heterocycles. The van der Waals surface area contributed by atoms with Gasteiger partial charge in [-0.05, 0) is 42.5 Å². The topological polar surface area (TPSA) is 46.5 Å². The first-order valence-corrected chi connectivity index (χ1v) is 7.97. The number of rotatable bonds is 3. The summed E-state index contributed by atoms with van der Waals surface area (Å²) < 4.78 is 0. The van der Waals surface area contributed by atoms with Crippen LogP contribution in [0.5, 0.6) is 0 Å². The zero-order chi connectivity index (χ0) is 17.1. The van der Waals surface area contributed by atoms with Gasteiger partial charge in [0.15, 0.2) is 5.78 Å². The van der Waals surface area contributed by atoms with Crippen LogP contribution in [0.15, 0.2) is 52.6 Å². The summed E-state index contributed by atoms with van der Waals surface area (Å²) in [7, 11) is 0. The Labute approximate surface area is 137 Å². The Morgan fingerprint density at radius 1 is 0.957 bits per heavy atom. The van der Waals surface area contributed by atoms with Crippen molar-refractivity contribution < 1.29 is 9.59 Å². The standard InChI is InChI=1S/C20H23NO2/c1-12(2)17-10-15(11-18(13(3)4)19(17)22)21-20(23)16-9-7-6-8-14(16)5/h6-13H,1-5H3. The molecule has 1 aliphatic rings. The fraction of sp³-hybridized carbons (Fsp3) is 0.350. The summed E-state index contributed by atoms with van der Waals surface area (Å²) >= 11 is 0. The predicted octanol–water partition coefficient (Wildman–Crippen LogP) is 4.32. The molecule has 2 rings (SSSR count). The lowest BCUT2D eigenvalue weighted by Gasteiger charge is -2.20. The Kier molecular flexibility index (Phi) is 5.09. The molecule has 0 bridgehead atoms. The third-order valence-corrected chi connectivity index (χ3v) is 3.98. The van der Waals surface area contributed by atoms with Crippen LogP contribution in [0.3, 0.4) is 0 Å². The van der Waals surface area contributed by atoms with Gasteiger partial charge in [0.1, 0.15) is 0 Å². The molecule has 0 unspecified atom stereocenters. The lowest BCUT2D eigenvalue weighted by molar-refractivity contribution is -0.113. The van der Waals surface area contributed by atoms with Crippen molar-refractivity contribution in [3.05, 3.63) is 58.7 Å². The molecule has 0 saturated heterocycles. The minimum absolute atomic E-state index is 0.0669. The van der Waals surface area contributed by atoms with Crippen molar-refractivity contribution in [1.29, 1.82) is 0 Å². The van der Waals surface area contributed by atoms with E-state index in [1.54, 1.807) is 18.2 Å². The third kappa shape index (κ3) is 3.73. The number of Topliss-reactive ketones (excluding diaryl/α,β-unsaturated/α-hetero) is 1. The molecule has 0 atom stereocenters. The average Bonchev–Trinajstić information content (AvgIpc) is 2.48. The third-order valence-electron chi connectivity index (χ3n) is 3.98. The van der Waals surface area contributed by atoms with Crippen molar-refractivity contribution in [1.82, 2.24) is 0 Å². The van der Waals surface area contributed by atoms with E-state index in [1.165, 1.54) is 0 Å². The van der Waals surface area contributed by atoms with E-state index >= 15 is 0 Å². The van der Waals surface area contributed by atoms with Gasteiger partial charge in [-0.3, -0.25) is 9.59 Å². The predicted molar refractivity (Wildman–Crippen MR) is 93.8 cm³/mol. The summed E-state index contributed by atoms with van der Waals surface area (Å²) in [5.74, 6) is -0.00382. The van der Waals surface area contributed by atoms with E-state index in [2.05, 4.69) is 4.99 Å². The van der Waals surface area contributed by atoms with E-state index < -0.39 is 0 Å². The van der Waals surface area contributed by atoms with Crippen LogP contribution in [0.25, 0.3) is 0 Å². The van der Waals surface area contributed by atoms with E-state index in [4.69, 9.17) is 0 Å². The second kappa shape index (κ2) is 6.86. The number of nitrogens with zero attached hydrogens (tertiary/aromatic N) is 1. The summed E-state index contributed by atoms with van der Waals surface area (Å²) in [6.07, 6.45) is 3.49. The van der Waals surface area contributed by atoms with Crippen LogP contribution in [0.4, 0.5) is 0 Å². The highest BCUT2D eigenvalue weighted by atomic mass is 16.1. The molecule has 23 heavy (non-hydrogen) atoms. The number of hydrogen-bond acceptors (Lipinski definition) is 2. The summed E-state index contributed by atoms with van der Waals surface area (Å²) in [6, 6.07) is 7.39.